The Kier molecular flexibility index (Phi) is 56.7. The molecule has 21 fully saturated rings. The maximum Gasteiger partial charge on any atom is 1.00 e. The second kappa shape index (κ2) is 55.4. The van der Waals surface area contributed by atoms with Gasteiger partial charge in [0.2, 0.25) is 0 Å². The van der Waals surface area contributed by atoms with Crippen molar-refractivity contribution in [1.82, 2.24) is 0 Å². The van der Waals surface area contributed by atoms with Crippen LogP contribution in [0.2, 0.25) is 0 Å². The molecule has 112 heavy (non-hydrogen) atoms. The Balaban J connectivity index is 0.00000896. The summed E-state index contributed by atoms with van der Waals surface area (Å²) in [6, 6.07) is 0. The Hall–Kier alpha value is 4.62. The van der Waals surface area contributed by atoms with Crippen molar-refractivity contribution in [3.63, 3.8) is 0 Å². The Morgan fingerprint density at radius 2 is 0.286 bits per heavy atom. The molecule has 21 heterocycles. The van der Waals surface area contributed by atoms with E-state index in [0.717, 1.165) is 0 Å². The van der Waals surface area contributed by atoms with Crippen LogP contribution in [0.5, 0.6) is 0 Å². The summed E-state index contributed by atoms with van der Waals surface area (Å²) in [5, 5.41) is 248. The third-order valence-electron chi connectivity index (χ3n) is 17.0. The maximum absolute atomic E-state index is 12.0. The van der Waals surface area contributed by atoms with E-state index >= 15 is 0 Å². The molecule has 21 aliphatic heterocycles. The second-order valence-electron chi connectivity index (χ2n) is 24.6. The van der Waals surface area contributed by atoms with Crippen molar-refractivity contribution in [2.45, 2.75) is 215 Å². The molecule has 14 N–H and O–H groups in total. The first-order valence-electron chi connectivity index (χ1n) is 31.8. The molecule has 21 rings (SSSR count). The van der Waals surface area contributed by atoms with Gasteiger partial charge in [0.25, 0.3) is 0 Å². The van der Waals surface area contributed by atoms with Gasteiger partial charge in [-0.15, -0.1) is 0 Å². The first-order chi connectivity index (χ1) is 49.6. The van der Waals surface area contributed by atoms with Gasteiger partial charge < -0.3 is 207 Å². The molecule has 0 aliphatic carbocycles. The fraction of sp³-hybridized carbons (Fsp3) is 0.875. The molecule has 0 unspecified atom stereocenters. The van der Waals surface area contributed by atoms with Crippen LogP contribution in [-0.4, -0.2) is 409 Å². The fourth-order valence-electron chi connectivity index (χ4n) is 12.1. The standard InChI is InChI=1S/C56H84O42S7.7Na/c57-22(58)8-99-1-15-43-29(71)36(78)50(85-15)93-44-16(2-100-9-23(59)60)87-52(38(80)31(44)73)95-46-18(4-102-11-25(63)64)89-54(40(82)33(46)75)97-48-20(6-104-13-27(67)68)91-56(42(84)35(48)77)98-49-21(7-105-14-28(69)70)90-55(41(83)34(49)76)96-47-19(5-103-12-26(65)66)88-53(39(81)32(47)74)94-45-17(3-101-10-24(61)62)86-51(92-43)37(79)30(45)72;;;;;;;/h15-21,29-56,71-84H,1-14H2,(H,57,58)(H,59,60)(H,61,62)(H,63,64)(H,65,66)(H,67,68)(H,69,70);;;;;;;/q;7*+1/p-7/t15-,16-,17-,18-,19-,20-,21-,29-,30-,31-,32-,33-,34-,35-,36-,37-,38-,39-,40-,41-,42-,43-,44-,45-,46-,47-,48-,49-,50-,51-,52-,53-,54-,55-,56-;;;;;;;/m1......./s1. The van der Waals surface area contributed by atoms with Crippen LogP contribution < -0.4 is 243 Å². The number of aliphatic carboxylic acids is 7. The van der Waals surface area contributed by atoms with E-state index in [1.165, 1.54) is 0 Å². The van der Waals surface area contributed by atoms with Gasteiger partial charge in [0, 0.05) is 80.5 Å². The average Bonchev–Trinajstić information content (AvgIpc) is 0.778. The maximum atomic E-state index is 12.0. The average molecular weight is 1810 g/mol. The van der Waals surface area contributed by atoms with Gasteiger partial charge in [-0.2, -0.15) is 82.3 Å². The minimum atomic E-state index is -2.38. The SMILES string of the molecule is O=C([O-])CSC[C@H]1O[C@@H]2O[C@H]3[C@H](O)[C@@H](O)[C@@H](O[C@H]4[C@H](O)[C@@H](O)[C@@H](O[C@H]5[C@H](O)[C@@H](O)[C@@H](O[C@H]6[C@H](O)[C@@H](O)[C@@H](O[C@H]7[C@H](O)[C@@H](O)[C@@H](O[C@H]8[C@H](O)[C@@H](O)[C@@H](O[C@H]1[C@H](O)[C@H]2O)O[C@@H]8CSCC(=O)[O-])O[C@@H]7CSCC(=O)[O-])O[C@@H]6CSCC(=O)[O-])O[C@@H]5CSCC(=O)[O-])O[C@@H]4CSCC(=O)[O-])O[C@@H]3CSCC(=O)[O-].[Na+].[Na+].[Na+].[Na+].[Na+].[Na+].[Na+]. The molecule has 0 aromatic rings. The van der Waals surface area contributed by atoms with E-state index in [0.29, 0.717) is 82.3 Å². The molecule has 0 radical (unpaired) electrons. The second-order valence-corrected chi connectivity index (χ2v) is 31.8. The molecule has 42 nitrogen and oxygen atoms in total. The zero-order chi connectivity index (χ0) is 77.0. The van der Waals surface area contributed by atoms with Crippen molar-refractivity contribution < 1.29 is 414 Å². The predicted molar refractivity (Wildman–Crippen MR) is 335 cm³/mol. The van der Waals surface area contributed by atoms with Crippen molar-refractivity contribution in [2.75, 3.05) is 80.5 Å². The van der Waals surface area contributed by atoms with Gasteiger partial charge in [0.1, 0.15) is 128 Å². The first-order valence-corrected chi connectivity index (χ1v) is 39.9. The van der Waals surface area contributed by atoms with Gasteiger partial charge in [-0.3, -0.25) is 0 Å². The topological polar surface area (TPSA) is 693 Å². The quantitative estimate of drug-likeness (QED) is 0.0324. The van der Waals surface area contributed by atoms with E-state index in [2.05, 4.69) is 0 Å². The minimum Gasteiger partial charge on any atom is -0.549 e. The van der Waals surface area contributed by atoms with E-state index in [1.54, 1.807) is 0 Å². The summed E-state index contributed by atoms with van der Waals surface area (Å²) in [5.41, 5.74) is 0. The number of rotatable bonds is 28. The van der Waals surface area contributed by atoms with Gasteiger partial charge in [-0.1, -0.05) is 0 Å². The number of hydrogen-bond donors (Lipinski definition) is 14. The van der Waals surface area contributed by atoms with Crippen LogP contribution in [0.1, 0.15) is 0 Å². The Morgan fingerprint density at radius 3 is 0.375 bits per heavy atom. The van der Waals surface area contributed by atoms with Crippen LogP contribution in [0.25, 0.3) is 0 Å². The largest absolute Gasteiger partial charge is 1.00 e. The van der Waals surface area contributed by atoms with Crippen LogP contribution in [0, 0.1) is 0 Å². The van der Waals surface area contributed by atoms with Gasteiger partial charge in [-0.25, -0.2) is 0 Å². The Bertz CT molecular complexity index is 2370. The Labute approximate surface area is 822 Å². The normalized spacial score (nSPS) is 40.8. The van der Waals surface area contributed by atoms with E-state index in [-0.39, 0.29) is 207 Å². The molecule has 21 saturated heterocycles. The molecule has 0 aromatic carbocycles. The molecule has 0 saturated carbocycles. The number of hydrogen-bond acceptors (Lipinski definition) is 49. The molecule has 602 valence electrons. The van der Waals surface area contributed by atoms with Crippen molar-refractivity contribution in [3.8, 4) is 0 Å². The number of carboxylic acids is 7. The van der Waals surface area contributed by atoms with Crippen molar-refractivity contribution in [3.05, 3.63) is 0 Å². The van der Waals surface area contributed by atoms with E-state index in [9.17, 15) is 141 Å². The molecule has 14 bridgehead atoms. The smallest absolute Gasteiger partial charge is 0.549 e. The summed E-state index contributed by atoms with van der Waals surface area (Å²) < 4.78 is 84.6. The molecule has 21 aliphatic rings. The summed E-state index contributed by atoms with van der Waals surface area (Å²) in [5.74, 6) is -20.9. The van der Waals surface area contributed by atoms with Crippen LogP contribution in [0.3, 0.4) is 0 Å². The summed E-state index contributed by atoms with van der Waals surface area (Å²) in [4.78, 5) is 81.9. The number of carbonyl (C=O) groups excluding carboxylic acids is 7. The summed E-state index contributed by atoms with van der Waals surface area (Å²) in [6.45, 7) is 0. The first kappa shape index (κ1) is 115. The molecule has 0 spiro atoms. The Morgan fingerprint density at radius 1 is 0.188 bits per heavy atom. The van der Waals surface area contributed by atoms with Gasteiger partial charge in [0.15, 0.2) is 44.0 Å². The fourth-order valence-corrected chi connectivity index (χ4v) is 17.6. The van der Waals surface area contributed by atoms with Gasteiger partial charge in [0.05, 0.1) is 84.5 Å². The number of carboxylic acid groups (broad SMARTS) is 7. The number of ether oxygens (including phenoxy) is 14. The van der Waals surface area contributed by atoms with Crippen molar-refractivity contribution >= 4 is 124 Å². The number of carbonyl (C=O) groups is 7. The monoisotopic (exact) mass is 1810 g/mol. The number of thioether (sulfide) groups is 7. The van der Waals surface area contributed by atoms with E-state index in [4.69, 9.17) is 66.3 Å². The molecule has 0 aromatic heterocycles. The molecule has 0 amide bonds. The summed E-state index contributed by atoms with van der Waals surface area (Å²) in [6.07, 6.45) is -74.7. The molecule has 56 heteroatoms. The van der Waals surface area contributed by atoms with Crippen molar-refractivity contribution in [2.24, 2.45) is 0 Å². The zero-order valence-corrected chi connectivity index (χ0v) is 80.9. The van der Waals surface area contributed by atoms with Crippen LogP contribution in [0.4, 0.5) is 0 Å². The minimum absolute atomic E-state index is 0. The third kappa shape index (κ3) is 32.1. The van der Waals surface area contributed by atoms with Crippen LogP contribution in [0.15, 0.2) is 0 Å². The predicted octanol–water partition coefficient (Wildman–Crippen LogP) is -39.8. The molecular weight excluding hydrogens is 1730 g/mol. The summed E-state index contributed by atoms with van der Waals surface area (Å²) in [7, 11) is 0. The van der Waals surface area contributed by atoms with Gasteiger partial charge >= 0.3 is 207 Å². The van der Waals surface area contributed by atoms with Crippen LogP contribution in [-0.2, 0) is 99.9 Å². The van der Waals surface area contributed by atoms with Crippen LogP contribution >= 0.6 is 82.3 Å². The molecule has 35 atom stereocenters. The molecular formula is C56H77Na7O42S7. The summed E-state index contributed by atoms with van der Waals surface area (Å²) >= 11 is 3.86. The van der Waals surface area contributed by atoms with E-state index in [1.807, 2.05) is 0 Å². The number of aliphatic hydroxyl groups excluding tert-OH is 14. The third-order valence-corrected chi connectivity index (χ3v) is 24.1. The van der Waals surface area contributed by atoms with Crippen molar-refractivity contribution in [1.29, 1.82) is 0 Å². The van der Waals surface area contributed by atoms with Gasteiger partial charge in [-0.05, 0) is 0 Å². The zero-order valence-electron chi connectivity index (χ0n) is 61.2. The van der Waals surface area contributed by atoms with E-state index < -0.39 is 337 Å². The number of aliphatic hydroxyl groups is 14.